The molecule has 1 unspecified atom stereocenters. The van der Waals surface area contributed by atoms with Gasteiger partial charge in [0.15, 0.2) is 0 Å². The molecular weight excluding hydrogens is 230 g/mol. The van der Waals surface area contributed by atoms with E-state index < -0.39 is 0 Å². The first kappa shape index (κ1) is 14.4. The summed E-state index contributed by atoms with van der Waals surface area (Å²) in [5.74, 6) is 0.406. The molecule has 1 atom stereocenters. The molecular formula is C14H21NO3. The van der Waals surface area contributed by atoms with Crippen LogP contribution < -0.4 is 10.1 Å². The summed E-state index contributed by atoms with van der Waals surface area (Å²) in [6.45, 7) is 6.60. The van der Waals surface area contributed by atoms with Gasteiger partial charge in [-0.1, -0.05) is 13.0 Å². The molecule has 0 spiro atoms. The Morgan fingerprint density at radius 1 is 1.44 bits per heavy atom. The Labute approximate surface area is 108 Å². The Morgan fingerprint density at radius 3 is 2.78 bits per heavy atom. The Hall–Kier alpha value is -1.71. The van der Waals surface area contributed by atoms with Crippen molar-refractivity contribution in [2.75, 3.05) is 25.6 Å². The zero-order chi connectivity index (χ0) is 13.5. The van der Waals surface area contributed by atoms with Crippen LogP contribution in [0.2, 0.25) is 0 Å². The van der Waals surface area contributed by atoms with Crippen LogP contribution in [-0.2, 0) is 9.53 Å². The van der Waals surface area contributed by atoms with Gasteiger partial charge in [0.1, 0.15) is 5.75 Å². The lowest BCUT2D eigenvalue weighted by Crippen LogP contribution is -2.22. The fourth-order valence-corrected chi connectivity index (χ4v) is 1.59. The van der Waals surface area contributed by atoms with Crippen LogP contribution in [0, 0.1) is 12.8 Å². The van der Waals surface area contributed by atoms with Gasteiger partial charge >= 0.3 is 5.97 Å². The molecule has 100 valence electrons. The quantitative estimate of drug-likeness (QED) is 0.789. The van der Waals surface area contributed by atoms with E-state index in [2.05, 4.69) is 5.32 Å². The Bertz CT molecular complexity index is 404. The lowest BCUT2D eigenvalue weighted by Gasteiger charge is -2.15. The van der Waals surface area contributed by atoms with Crippen molar-refractivity contribution in [3.05, 3.63) is 23.8 Å². The number of benzene rings is 1. The summed E-state index contributed by atoms with van der Waals surface area (Å²) in [4.78, 5) is 11.5. The fourth-order valence-electron chi connectivity index (χ4n) is 1.59. The predicted molar refractivity (Wildman–Crippen MR) is 72.0 cm³/mol. The number of nitrogens with one attached hydrogen (secondary N) is 1. The van der Waals surface area contributed by atoms with Gasteiger partial charge in [-0.3, -0.25) is 4.79 Å². The highest BCUT2D eigenvalue weighted by Crippen LogP contribution is 2.25. The van der Waals surface area contributed by atoms with Crippen LogP contribution in [0.1, 0.15) is 19.4 Å². The lowest BCUT2D eigenvalue weighted by molar-refractivity contribution is -0.146. The minimum atomic E-state index is -0.185. The van der Waals surface area contributed by atoms with Crippen LogP contribution in [0.15, 0.2) is 18.2 Å². The van der Waals surface area contributed by atoms with E-state index in [1.165, 1.54) is 0 Å². The van der Waals surface area contributed by atoms with Gasteiger partial charge < -0.3 is 14.8 Å². The van der Waals surface area contributed by atoms with Gasteiger partial charge in [0.2, 0.25) is 0 Å². The molecule has 0 aromatic heterocycles. The van der Waals surface area contributed by atoms with E-state index in [1.54, 1.807) is 7.11 Å². The molecule has 0 aliphatic heterocycles. The minimum Gasteiger partial charge on any atom is -0.495 e. The number of esters is 1. The Kier molecular flexibility index (Phi) is 5.49. The second-order valence-electron chi connectivity index (χ2n) is 4.24. The van der Waals surface area contributed by atoms with Crippen molar-refractivity contribution in [3.8, 4) is 5.75 Å². The topological polar surface area (TPSA) is 47.6 Å². The highest BCUT2D eigenvalue weighted by Gasteiger charge is 2.14. The van der Waals surface area contributed by atoms with Gasteiger partial charge in [0.25, 0.3) is 0 Å². The molecule has 0 heterocycles. The van der Waals surface area contributed by atoms with Crippen LogP contribution in [0.4, 0.5) is 5.69 Å². The molecule has 1 aromatic carbocycles. The summed E-state index contributed by atoms with van der Waals surface area (Å²) >= 11 is 0. The maximum absolute atomic E-state index is 11.5. The van der Waals surface area contributed by atoms with Gasteiger partial charge in [-0.05, 0) is 31.5 Å². The fraction of sp³-hybridized carbons (Fsp3) is 0.500. The predicted octanol–water partition coefficient (Wildman–Crippen LogP) is 2.61. The Balaban J connectivity index is 2.62. The molecule has 4 nitrogen and oxygen atoms in total. The molecule has 0 bridgehead atoms. The third kappa shape index (κ3) is 3.95. The second kappa shape index (κ2) is 6.89. The summed E-state index contributed by atoms with van der Waals surface area (Å²) < 4.78 is 10.2. The number of rotatable bonds is 6. The average molecular weight is 251 g/mol. The number of hydrogen-bond acceptors (Lipinski definition) is 4. The van der Waals surface area contributed by atoms with Gasteiger partial charge in [-0.25, -0.2) is 0 Å². The van der Waals surface area contributed by atoms with Crippen LogP contribution in [0.3, 0.4) is 0 Å². The highest BCUT2D eigenvalue weighted by molar-refractivity contribution is 5.73. The van der Waals surface area contributed by atoms with E-state index in [0.717, 1.165) is 17.0 Å². The molecule has 0 aliphatic rings. The average Bonchev–Trinajstić information content (AvgIpc) is 2.36. The summed E-state index contributed by atoms with van der Waals surface area (Å²) in [7, 11) is 1.63. The maximum Gasteiger partial charge on any atom is 0.310 e. The molecule has 1 rings (SSSR count). The number of hydrogen-bond donors (Lipinski definition) is 1. The summed E-state index contributed by atoms with van der Waals surface area (Å²) in [6.07, 6.45) is 0. The van der Waals surface area contributed by atoms with Crippen LogP contribution in [0.25, 0.3) is 0 Å². The van der Waals surface area contributed by atoms with Crippen molar-refractivity contribution in [1.82, 2.24) is 0 Å². The monoisotopic (exact) mass is 251 g/mol. The van der Waals surface area contributed by atoms with Gasteiger partial charge in [0, 0.05) is 6.54 Å². The van der Waals surface area contributed by atoms with Crippen molar-refractivity contribution in [2.24, 2.45) is 5.92 Å². The number of carbonyl (C=O) groups is 1. The first-order valence-electron chi connectivity index (χ1n) is 6.13. The number of ether oxygens (including phenoxy) is 2. The number of anilines is 1. The summed E-state index contributed by atoms with van der Waals surface area (Å²) in [5, 5.41) is 3.22. The zero-order valence-electron chi connectivity index (χ0n) is 11.4. The number of carbonyl (C=O) groups excluding carboxylic acids is 1. The van der Waals surface area contributed by atoms with Gasteiger partial charge in [0.05, 0.1) is 25.3 Å². The molecule has 1 N–H and O–H groups in total. The molecule has 4 heteroatoms. The van der Waals surface area contributed by atoms with Crippen molar-refractivity contribution >= 4 is 11.7 Å². The second-order valence-corrected chi connectivity index (χ2v) is 4.24. The van der Waals surface area contributed by atoms with E-state index in [0.29, 0.717) is 13.2 Å². The third-order valence-electron chi connectivity index (χ3n) is 2.64. The molecule has 0 saturated heterocycles. The SMILES string of the molecule is CCOC(=O)C(C)CNc1cc(C)ccc1OC. The molecule has 0 fully saturated rings. The molecule has 18 heavy (non-hydrogen) atoms. The van der Waals surface area contributed by atoms with Crippen LogP contribution in [0.5, 0.6) is 5.75 Å². The molecule has 0 saturated carbocycles. The normalized spacial score (nSPS) is 11.8. The lowest BCUT2D eigenvalue weighted by atomic mass is 10.1. The molecule has 0 amide bonds. The van der Waals surface area contributed by atoms with E-state index in [4.69, 9.17) is 9.47 Å². The molecule has 0 aliphatic carbocycles. The summed E-state index contributed by atoms with van der Waals surface area (Å²) in [6, 6.07) is 5.89. The zero-order valence-corrected chi connectivity index (χ0v) is 11.4. The van der Waals surface area contributed by atoms with Crippen LogP contribution in [-0.4, -0.2) is 26.2 Å². The van der Waals surface area contributed by atoms with E-state index >= 15 is 0 Å². The van der Waals surface area contributed by atoms with Crippen LogP contribution >= 0.6 is 0 Å². The molecule has 1 aromatic rings. The van der Waals surface area contributed by atoms with Crippen molar-refractivity contribution in [2.45, 2.75) is 20.8 Å². The first-order valence-corrected chi connectivity index (χ1v) is 6.13. The van der Waals surface area contributed by atoms with Crippen molar-refractivity contribution in [1.29, 1.82) is 0 Å². The van der Waals surface area contributed by atoms with Gasteiger partial charge in [-0.2, -0.15) is 0 Å². The van der Waals surface area contributed by atoms with E-state index in [9.17, 15) is 4.79 Å². The third-order valence-corrected chi connectivity index (χ3v) is 2.64. The number of methoxy groups -OCH3 is 1. The largest absolute Gasteiger partial charge is 0.495 e. The molecule has 0 radical (unpaired) electrons. The van der Waals surface area contributed by atoms with E-state index in [-0.39, 0.29) is 11.9 Å². The van der Waals surface area contributed by atoms with Crippen molar-refractivity contribution < 1.29 is 14.3 Å². The minimum absolute atomic E-state index is 0.184. The van der Waals surface area contributed by atoms with E-state index in [1.807, 2.05) is 39.0 Å². The standard InChI is InChI=1S/C14H21NO3/c1-5-18-14(16)11(3)9-15-12-8-10(2)6-7-13(12)17-4/h6-8,11,15H,5,9H2,1-4H3. The smallest absolute Gasteiger partial charge is 0.310 e. The highest BCUT2D eigenvalue weighted by atomic mass is 16.5. The van der Waals surface area contributed by atoms with Gasteiger partial charge in [-0.15, -0.1) is 0 Å². The number of aryl methyl sites for hydroxylation is 1. The maximum atomic E-state index is 11.5. The first-order chi connectivity index (χ1) is 8.58. The Morgan fingerprint density at radius 2 is 2.17 bits per heavy atom. The van der Waals surface area contributed by atoms with Crippen molar-refractivity contribution in [3.63, 3.8) is 0 Å². The summed E-state index contributed by atoms with van der Waals surface area (Å²) in [5.41, 5.74) is 2.04.